The lowest BCUT2D eigenvalue weighted by atomic mass is 9.92. The summed E-state index contributed by atoms with van der Waals surface area (Å²) in [5.41, 5.74) is 1.12. The predicted molar refractivity (Wildman–Crippen MR) is 63.6 cm³/mol. The molecule has 1 aliphatic heterocycles. The van der Waals surface area contributed by atoms with Crippen molar-refractivity contribution in [1.29, 1.82) is 0 Å². The van der Waals surface area contributed by atoms with E-state index >= 15 is 0 Å². The minimum Gasteiger partial charge on any atom is -0.379 e. The molecule has 1 aromatic rings. The maximum absolute atomic E-state index is 5.32. The minimum absolute atomic E-state index is 0.0611. The van der Waals surface area contributed by atoms with Gasteiger partial charge in [-0.1, -0.05) is 20.8 Å². The third-order valence-corrected chi connectivity index (χ3v) is 2.72. The lowest BCUT2D eigenvalue weighted by Gasteiger charge is -2.19. The van der Waals surface area contributed by atoms with Gasteiger partial charge in [-0.15, -0.1) is 0 Å². The van der Waals surface area contributed by atoms with Gasteiger partial charge >= 0.3 is 0 Å². The van der Waals surface area contributed by atoms with Crippen LogP contribution in [0.4, 0.5) is 5.82 Å². The number of nitrogens with one attached hydrogen (secondary N) is 1. The maximum Gasteiger partial charge on any atom is 0.129 e. The largest absolute Gasteiger partial charge is 0.379 e. The monoisotopic (exact) mass is 221 g/mol. The average molecular weight is 221 g/mol. The Kier molecular flexibility index (Phi) is 3.10. The number of hydrogen-bond acceptors (Lipinski definition) is 4. The molecule has 1 saturated heterocycles. The molecule has 0 radical (unpaired) electrons. The molecule has 4 heteroatoms. The Balaban J connectivity index is 2.09. The topological polar surface area (TPSA) is 47.0 Å². The number of aromatic nitrogens is 2. The fourth-order valence-corrected chi connectivity index (χ4v) is 1.70. The molecule has 0 bridgehead atoms. The first-order chi connectivity index (χ1) is 7.55. The van der Waals surface area contributed by atoms with Gasteiger partial charge in [0.05, 0.1) is 18.3 Å². The van der Waals surface area contributed by atoms with E-state index in [1.54, 1.807) is 6.33 Å². The Morgan fingerprint density at radius 3 is 2.81 bits per heavy atom. The van der Waals surface area contributed by atoms with Crippen molar-refractivity contribution in [2.45, 2.75) is 38.6 Å². The van der Waals surface area contributed by atoms with E-state index in [4.69, 9.17) is 4.74 Å². The van der Waals surface area contributed by atoms with Crippen LogP contribution in [-0.4, -0.2) is 29.2 Å². The Hall–Kier alpha value is -1.16. The zero-order valence-electron chi connectivity index (χ0n) is 10.2. The van der Waals surface area contributed by atoms with Gasteiger partial charge in [-0.05, 0) is 6.42 Å². The second-order valence-electron chi connectivity index (χ2n) is 5.24. The number of nitrogens with zero attached hydrogens (tertiary/aromatic N) is 2. The first-order valence-corrected chi connectivity index (χ1v) is 5.72. The predicted octanol–water partition coefficient (Wildman–Crippen LogP) is 1.97. The SMILES string of the molecule is CC(C)(C)c1cc(N[C@H]2CCOC2)ncn1. The van der Waals surface area contributed by atoms with Crippen LogP contribution in [-0.2, 0) is 10.2 Å². The molecule has 0 saturated carbocycles. The van der Waals surface area contributed by atoms with E-state index in [1.165, 1.54) is 0 Å². The van der Waals surface area contributed by atoms with Crippen molar-refractivity contribution in [3.63, 3.8) is 0 Å². The van der Waals surface area contributed by atoms with Crippen LogP contribution in [0.25, 0.3) is 0 Å². The fourth-order valence-electron chi connectivity index (χ4n) is 1.70. The first-order valence-electron chi connectivity index (χ1n) is 5.72. The first kappa shape index (κ1) is 11.3. The molecule has 0 unspecified atom stereocenters. The lowest BCUT2D eigenvalue weighted by Crippen LogP contribution is -2.21. The molecule has 1 aromatic heterocycles. The zero-order valence-corrected chi connectivity index (χ0v) is 10.2. The number of anilines is 1. The van der Waals surface area contributed by atoms with E-state index in [1.807, 2.05) is 6.07 Å². The van der Waals surface area contributed by atoms with Crippen LogP contribution in [0.1, 0.15) is 32.9 Å². The van der Waals surface area contributed by atoms with Gasteiger partial charge in [-0.25, -0.2) is 9.97 Å². The van der Waals surface area contributed by atoms with Crippen LogP contribution >= 0.6 is 0 Å². The number of rotatable bonds is 2. The summed E-state index contributed by atoms with van der Waals surface area (Å²) < 4.78 is 5.32. The molecule has 4 nitrogen and oxygen atoms in total. The molecule has 0 amide bonds. The van der Waals surface area contributed by atoms with Gasteiger partial charge in [0.1, 0.15) is 12.1 Å². The van der Waals surface area contributed by atoms with Gasteiger partial charge < -0.3 is 10.1 Å². The molecule has 1 fully saturated rings. The Morgan fingerprint density at radius 2 is 2.19 bits per heavy atom. The lowest BCUT2D eigenvalue weighted by molar-refractivity contribution is 0.195. The smallest absolute Gasteiger partial charge is 0.129 e. The highest BCUT2D eigenvalue weighted by atomic mass is 16.5. The summed E-state index contributed by atoms with van der Waals surface area (Å²) in [6.07, 6.45) is 2.67. The number of ether oxygens (including phenoxy) is 1. The maximum atomic E-state index is 5.32. The molecule has 88 valence electrons. The van der Waals surface area contributed by atoms with Crippen LogP contribution in [0.15, 0.2) is 12.4 Å². The summed E-state index contributed by atoms with van der Waals surface area (Å²) in [7, 11) is 0. The average Bonchev–Trinajstić information content (AvgIpc) is 2.70. The molecular formula is C12H19N3O. The Bertz CT molecular complexity index is 354. The fraction of sp³-hybridized carbons (Fsp3) is 0.667. The van der Waals surface area contributed by atoms with Crippen molar-refractivity contribution >= 4 is 5.82 Å². The summed E-state index contributed by atoms with van der Waals surface area (Å²) in [6.45, 7) is 8.07. The highest BCUT2D eigenvalue weighted by Gasteiger charge is 2.18. The Morgan fingerprint density at radius 1 is 1.38 bits per heavy atom. The van der Waals surface area contributed by atoms with E-state index in [2.05, 4.69) is 36.1 Å². The van der Waals surface area contributed by atoms with E-state index < -0.39 is 0 Å². The van der Waals surface area contributed by atoms with Crippen LogP contribution in [0.2, 0.25) is 0 Å². The van der Waals surface area contributed by atoms with Crippen molar-refractivity contribution < 1.29 is 4.74 Å². The third kappa shape index (κ3) is 2.70. The molecule has 1 N–H and O–H groups in total. The van der Waals surface area contributed by atoms with Crippen molar-refractivity contribution in [3.05, 3.63) is 18.1 Å². The highest BCUT2D eigenvalue weighted by Crippen LogP contribution is 2.21. The molecule has 1 atom stereocenters. The molecule has 1 aliphatic rings. The van der Waals surface area contributed by atoms with E-state index in [0.29, 0.717) is 6.04 Å². The van der Waals surface area contributed by atoms with Crippen LogP contribution in [0.5, 0.6) is 0 Å². The molecule has 0 spiro atoms. The summed E-state index contributed by atoms with van der Waals surface area (Å²) in [6, 6.07) is 2.42. The van der Waals surface area contributed by atoms with Crippen LogP contribution in [0, 0.1) is 0 Å². The summed E-state index contributed by atoms with van der Waals surface area (Å²) in [5.74, 6) is 0.899. The van der Waals surface area contributed by atoms with Gasteiger partial charge in [-0.3, -0.25) is 0 Å². The third-order valence-electron chi connectivity index (χ3n) is 2.72. The second-order valence-corrected chi connectivity index (χ2v) is 5.24. The number of hydrogen-bond donors (Lipinski definition) is 1. The Labute approximate surface area is 96.4 Å². The normalized spacial score (nSPS) is 21.1. The standard InChI is InChI=1S/C12H19N3O/c1-12(2,3)10-6-11(14-8-13-10)15-9-4-5-16-7-9/h6,8-9H,4-5,7H2,1-3H3,(H,13,14,15)/t9-/m0/s1. The van der Waals surface area contributed by atoms with Gasteiger partial charge in [0, 0.05) is 18.1 Å². The minimum atomic E-state index is 0.0611. The second kappa shape index (κ2) is 4.37. The highest BCUT2D eigenvalue weighted by molar-refractivity contribution is 5.37. The van der Waals surface area contributed by atoms with Crippen molar-refractivity contribution in [1.82, 2.24) is 9.97 Å². The van der Waals surface area contributed by atoms with E-state index in [0.717, 1.165) is 31.1 Å². The molecular weight excluding hydrogens is 202 g/mol. The van der Waals surface area contributed by atoms with E-state index in [9.17, 15) is 0 Å². The van der Waals surface area contributed by atoms with Crippen LogP contribution in [0.3, 0.4) is 0 Å². The van der Waals surface area contributed by atoms with Gasteiger partial charge in [0.15, 0.2) is 0 Å². The summed E-state index contributed by atoms with van der Waals surface area (Å²) >= 11 is 0. The van der Waals surface area contributed by atoms with E-state index in [-0.39, 0.29) is 5.41 Å². The van der Waals surface area contributed by atoms with Gasteiger partial charge in [0.25, 0.3) is 0 Å². The molecule has 0 aromatic carbocycles. The summed E-state index contributed by atoms with van der Waals surface area (Å²) in [5, 5.41) is 3.38. The van der Waals surface area contributed by atoms with Crippen LogP contribution < -0.4 is 5.32 Å². The zero-order chi connectivity index (χ0) is 11.6. The molecule has 2 rings (SSSR count). The van der Waals surface area contributed by atoms with Crippen molar-refractivity contribution in [2.24, 2.45) is 0 Å². The molecule has 2 heterocycles. The molecule has 0 aliphatic carbocycles. The van der Waals surface area contributed by atoms with Crippen molar-refractivity contribution in [3.8, 4) is 0 Å². The molecule has 16 heavy (non-hydrogen) atoms. The summed E-state index contributed by atoms with van der Waals surface area (Å²) in [4.78, 5) is 8.54. The van der Waals surface area contributed by atoms with Gasteiger partial charge in [-0.2, -0.15) is 0 Å². The quantitative estimate of drug-likeness (QED) is 0.829. The van der Waals surface area contributed by atoms with Crippen molar-refractivity contribution in [2.75, 3.05) is 18.5 Å². The van der Waals surface area contributed by atoms with Gasteiger partial charge in [0.2, 0.25) is 0 Å².